The number of nitrogens with zero attached hydrogens (tertiary/aromatic N) is 3. The highest BCUT2D eigenvalue weighted by molar-refractivity contribution is 7.25. The van der Waals surface area contributed by atoms with Crippen LogP contribution < -0.4 is 10.9 Å². The molecule has 0 aliphatic heterocycles. The van der Waals surface area contributed by atoms with Gasteiger partial charge in [0, 0.05) is 22.3 Å². The van der Waals surface area contributed by atoms with Gasteiger partial charge >= 0.3 is 0 Å². The Hall–Kier alpha value is -3.91. The number of hydrogen-bond donors (Lipinski definition) is 1. The van der Waals surface area contributed by atoms with E-state index in [0.717, 1.165) is 21.5 Å². The number of fused-ring (bicyclic) bond motifs is 3. The molecule has 0 spiro atoms. The summed E-state index contributed by atoms with van der Waals surface area (Å²) in [5, 5.41) is 3.59. The normalized spacial score (nSPS) is 11.3. The van der Waals surface area contributed by atoms with Crippen LogP contribution in [0.4, 0.5) is 10.1 Å². The first-order chi connectivity index (χ1) is 15.8. The molecule has 0 saturated carbocycles. The second-order valence-electron chi connectivity index (χ2n) is 7.93. The van der Waals surface area contributed by atoms with E-state index in [9.17, 15) is 14.0 Å². The molecule has 3 aromatic heterocycles. The van der Waals surface area contributed by atoms with Gasteiger partial charge in [0.2, 0.25) is 0 Å². The number of benzene rings is 2. The molecule has 0 atom stereocenters. The van der Waals surface area contributed by atoms with Crippen molar-refractivity contribution in [3.8, 4) is 5.69 Å². The molecular formula is C25H19FN4O2S. The Bertz CT molecular complexity index is 1620. The van der Waals surface area contributed by atoms with Crippen molar-refractivity contribution in [1.29, 1.82) is 0 Å². The molecule has 5 aromatic rings. The summed E-state index contributed by atoms with van der Waals surface area (Å²) < 4.78 is 15.7. The Morgan fingerprint density at radius 1 is 1.03 bits per heavy atom. The summed E-state index contributed by atoms with van der Waals surface area (Å²) in [6.07, 6.45) is 1.50. The lowest BCUT2D eigenvalue weighted by molar-refractivity contribution is 0.102. The van der Waals surface area contributed by atoms with Gasteiger partial charge in [0.1, 0.15) is 21.7 Å². The third kappa shape index (κ3) is 3.68. The standard InChI is InChI=1S/C25H19FN4O2S/c1-13-4-7-17(11-19(13)26)29-23(31)16-5-8-18(9-6-16)30-12-27-21-20-14(2)10-15(3)28-24(20)33-22(21)25(30)32/h4-12H,1-3H3,(H,29,31). The number of pyridine rings is 1. The Balaban J connectivity index is 1.48. The summed E-state index contributed by atoms with van der Waals surface area (Å²) in [5.74, 6) is -0.751. The topological polar surface area (TPSA) is 76.9 Å². The number of aromatic nitrogens is 3. The van der Waals surface area contributed by atoms with E-state index in [4.69, 9.17) is 0 Å². The summed E-state index contributed by atoms with van der Waals surface area (Å²) in [6.45, 7) is 5.58. The van der Waals surface area contributed by atoms with Gasteiger partial charge in [-0.1, -0.05) is 6.07 Å². The molecule has 0 bridgehead atoms. The zero-order valence-corrected chi connectivity index (χ0v) is 19.0. The fourth-order valence-corrected chi connectivity index (χ4v) is 4.98. The molecule has 0 fully saturated rings. The lowest BCUT2D eigenvalue weighted by atomic mass is 10.1. The van der Waals surface area contributed by atoms with Crippen LogP contribution in [0.1, 0.15) is 27.2 Å². The number of hydrogen-bond acceptors (Lipinski definition) is 5. The molecular weight excluding hydrogens is 439 g/mol. The van der Waals surface area contributed by atoms with E-state index in [0.29, 0.717) is 32.7 Å². The van der Waals surface area contributed by atoms with Crippen molar-refractivity contribution < 1.29 is 9.18 Å². The summed E-state index contributed by atoms with van der Waals surface area (Å²) in [6, 6.07) is 13.1. The fraction of sp³-hybridized carbons (Fsp3) is 0.120. The second-order valence-corrected chi connectivity index (χ2v) is 8.92. The Morgan fingerprint density at radius 3 is 2.52 bits per heavy atom. The van der Waals surface area contributed by atoms with Crippen LogP contribution in [0.5, 0.6) is 0 Å². The SMILES string of the molecule is Cc1cc(C)c2c(n1)sc1c(=O)n(-c3ccc(C(=O)Nc4ccc(C)c(F)c4)cc3)cnc12. The highest BCUT2D eigenvalue weighted by Gasteiger charge is 2.16. The van der Waals surface area contributed by atoms with E-state index in [-0.39, 0.29) is 17.3 Å². The quantitative estimate of drug-likeness (QED) is 0.397. The van der Waals surface area contributed by atoms with E-state index in [1.54, 1.807) is 43.3 Å². The summed E-state index contributed by atoms with van der Waals surface area (Å²) >= 11 is 1.34. The van der Waals surface area contributed by atoms with E-state index < -0.39 is 0 Å². The maximum absolute atomic E-state index is 13.7. The van der Waals surface area contributed by atoms with Gasteiger partial charge in [-0.05, 0) is 74.4 Å². The van der Waals surface area contributed by atoms with Crippen molar-refractivity contribution in [3.63, 3.8) is 0 Å². The van der Waals surface area contributed by atoms with E-state index >= 15 is 0 Å². The number of carbonyl (C=O) groups is 1. The van der Waals surface area contributed by atoms with Gasteiger partial charge in [0.15, 0.2) is 0 Å². The number of carbonyl (C=O) groups excluding carboxylic acids is 1. The minimum atomic E-state index is -0.382. The van der Waals surface area contributed by atoms with E-state index in [1.165, 1.54) is 28.3 Å². The Morgan fingerprint density at radius 2 is 1.79 bits per heavy atom. The van der Waals surface area contributed by atoms with Gasteiger partial charge in [-0.3, -0.25) is 14.2 Å². The first kappa shape index (κ1) is 21.0. The lowest BCUT2D eigenvalue weighted by Crippen LogP contribution is -2.18. The van der Waals surface area contributed by atoms with Crippen LogP contribution in [-0.4, -0.2) is 20.4 Å². The molecule has 0 aliphatic rings. The summed E-state index contributed by atoms with van der Waals surface area (Å²) in [4.78, 5) is 35.6. The Kier molecular flexibility index (Phi) is 5.02. The highest BCUT2D eigenvalue weighted by atomic mass is 32.1. The van der Waals surface area contributed by atoms with Gasteiger partial charge in [-0.25, -0.2) is 14.4 Å². The summed E-state index contributed by atoms with van der Waals surface area (Å²) in [7, 11) is 0. The monoisotopic (exact) mass is 458 g/mol. The van der Waals surface area contributed by atoms with Crippen molar-refractivity contribution in [2.45, 2.75) is 20.8 Å². The van der Waals surface area contributed by atoms with Crippen LogP contribution in [-0.2, 0) is 0 Å². The number of aryl methyl sites for hydroxylation is 3. The smallest absolute Gasteiger partial charge is 0.275 e. The fourth-order valence-electron chi connectivity index (χ4n) is 3.80. The second kappa shape index (κ2) is 7.90. The molecule has 1 amide bonds. The van der Waals surface area contributed by atoms with Crippen molar-refractivity contribution in [2.24, 2.45) is 0 Å². The number of halogens is 1. The predicted molar refractivity (Wildman–Crippen MR) is 129 cm³/mol. The average Bonchev–Trinajstić information content (AvgIpc) is 3.16. The number of amides is 1. The Labute approximate surface area is 192 Å². The largest absolute Gasteiger partial charge is 0.322 e. The molecule has 33 heavy (non-hydrogen) atoms. The zero-order valence-electron chi connectivity index (χ0n) is 18.1. The highest BCUT2D eigenvalue weighted by Crippen LogP contribution is 2.31. The maximum Gasteiger partial charge on any atom is 0.275 e. The molecule has 3 heterocycles. The minimum Gasteiger partial charge on any atom is -0.322 e. The van der Waals surface area contributed by atoms with Crippen molar-refractivity contribution >= 4 is 43.4 Å². The van der Waals surface area contributed by atoms with Crippen molar-refractivity contribution in [2.75, 3.05) is 5.32 Å². The molecule has 0 saturated heterocycles. The van der Waals surface area contributed by atoms with Crippen LogP contribution in [0.3, 0.4) is 0 Å². The number of anilines is 1. The number of rotatable bonds is 3. The molecule has 1 N–H and O–H groups in total. The molecule has 0 aliphatic carbocycles. The van der Waals surface area contributed by atoms with Gasteiger partial charge in [-0.2, -0.15) is 0 Å². The van der Waals surface area contributed by atoms with E-state index in [1.807, 2.05) is 19.9 Å². The molecule has 0 radical (unpaired) electrons. The molecule has 0 unspecified atom stereocenters. The van der Waals surface area contributed by atoms with E-state index in [2.05, 4.69) is 15.3 Å². The molecule has 164 valence electrons. The number of nitrogens with one attached hydrogen (secondary N) is 1. The van der Waals surface area contributed by atoms with Crippen LogP contribution in [0.2, 0.25) is 0 Å². The van der Waals surface area contributed by atoms with Gasteiger partial charge in [0.25, 0.3) is 11.5 Å². The molecule has 6 nitrogen and oxygen atoms in total. The van der Waals surface area contributed by atoms with Gasteiger partial charge < -0.3 is 5.32 Å². The lowest BCUT2D eigenvalue weighted by Gasteiger charge is -2.08. The first-order valence-electron chi connectivity index (χ1n) is 10.3. The molecule has 8 heteroatoms. The van der Waals surface area contributed by atoms with Crippen molar-refractivity contribution in [3.05, 3.63) is 93.4 Å². The van der Waals surface area contributed by atoms with Gasteiger partial charge in [0.05, 0.1) is 11.2 Å². The average molecular weight is 459 g/mol. The number of thiophene rings is 1. The van der Waals surface area contributed by atoms with Crippen LogP contribution in [0.15, 0.2) is 59.7 Å². The zero-order chi connectivity index (χ0) is 23.3. The third-order valence-electron chi connectivity index (χ3n) is 5.51. The van der Waals surface area contributed by atoms with Crippen LogP contribution in [0.25, 0.3) is 26.1 Å². The summed E-state index contributed by atoms with van der Waals surface area (Å²) in [5.41, 5.74) is 4.26. The third-order valence-corrected chi connectivity index (χ3v) is 6.58. The van der Waals surface area contributed by atoms with Gasteiger partial charge in [-0.15, -0.1) is 11.3 Å². The molecule has 2 aromatic carbocycles. The van der Waals surface area contributed by atoms with Crippen LogP contribution in [0, 0.1) is 26.6 Å². The molecule has 5 rings (SSSR count). The maximum atomic E-state index is 13.7. The first-order valence-corrected chi connectivity index (χ1v) is 11.1. The minimum absolute atomic E-state index is 0.188. The predicted octanol–water partition coefficient (Wildman–Crippen LogP) is 5.31. The van der Waals surface area contributed by atoms with Crippen molar-refractivity contribution in [1.82, 2.24) is 14.5 Å². The van der Waals surface area contributed by atoms with Crippen LogP contribution >= 0.6 is 11.3 Å².